The van der Waals surface area contributed by atoms with E-state index in [1.165, 1.54) is 12.4 Å². The molecule has 3 heterocycles. The van der Waals surface area contributed by atoms with E-state index in [4.69, 9.17) is 0 Å². The Morgan fingerprint density at radius 1 is 1.32 bits per heavy atom. The number of aromatic nitrogens is 3. The van der Waals surface area contributed by atoms with E-state index in [-0.39, 0.29) is 23.7 Å². The summed E-state index contributed by atoms with van der Waals surface area (Å²) >= 11 is 0. The highest BCUT2D eigenvalue weighted by atomic mass is 16.2. The minimum absolute atomic E-state index is 0.0504. The Morgan fingerprint density at radius 2 is 2.16 bits per heavy atom. The van der Waals surface area contributed by atoms with Crippen LogP contribution in [0.25, 0.3) is 11.0 Å². The van der Waals surface area contributed by atoms with Gasteiger partial charge in [0.15, 0.2) is 5.78 Å². The van der Waals surface area contributed by atoms with Gasteiger partial charge in [-0.15, -0.1) is 0 Å². The average molecular weight is 339 g/mol. The van der Waals surface area contributed by atoms with Crippen molar-refractivity contribution in [1.82, 2.24) is 19.9 Å². The number of nitrogens with one attached hydrogen (secondary N) is 2. The molecule has 0 aromatic carbocycles. The SMILES string of the molecule is C=CC(=O)N1CCC[C@@H](Nc2ncnc3[nH]cc(C(=O)C4CC4)c23)C1. The van der Waals surface area contributed by atoms with Crippen LogP contribution in [0, 0.1) is 5.92 Å². The fraction of sp³-hybridized carbons (Fsp3) is 0.444. The molecule has 1 atom stereocenters. The second-order valence-electron chi connectivity index (χ2n) is 6.76. The number of rotatable bonds is 5. The number of H-pyrrole nitrogens is 1. The Morgan fingerprint density at radius 3 is 2.92 bits per heavy atom. The number of anilines is 1. The van der Waals surface area contributed by atoms with Crippen molar-refractivity contribution in [3.63, 3.8) is 0 Å². The molecule has 0 unspecified atom stereocenters. The zero-order chi connectivity index (χ0) is 17.4. The quantitative estimate of drug-likeness (QED) is 0.643. The van der Waals surface area contributed by atoms with Crippen LogP contribution in [0.3, 0.4) is 0 Å². The third-order valence-electron chi connectivity index (χ3n) is 4.93. The summed E-state index contributed by atoms with van der Waals surface area (Å²) in [4.78, 5) is 37.9. The number of likely N-dealkylation sites (tertiary alicyclic amines) is 1. The minimum atomic E-state index is -0.0504. The average Bonchev–Trinajstić information content (AvgIpc) is 3.40. The van der Waals surface area contributed by atoms with Crippen molar-refractivity contribution in [2.45, 2.75) is 31.7 Å². The molecule has 0 radical (unpaired) electrons. The van der Waals surface area contributed by atoms with Crippen LogP contribution in [0.2, 0.25) is 0 Å². The Kier molecular flexibility index (Phi) is 3.99. The Bertz CT molecular complexity index is 839. The monoisotopic (exact) mass is 339 g/mol. The summed E-state index contributed by atoms with van der Waals surface area (Å²) in [7, 11) is 0. The summed E-state index contributed by atoms with van der Waals surface area (Å²) in [5.74, 6) is 0.914. The lowest BCUT2D eigenvalue weighted by Crippen LogP contribution is -2.44. The molecule has 2 fully saturated rings. The molecule has 1 aliphatic heterocycles. The first-order valence-electron chi connectivity index (χ1n) is 8.71. The molecule has 4 rings (SSSR count). The van der Waals surface area contributed by atoms with Gasteiger partial charge in [-0.05, 0) is 31.8 Å². The molecule has 25 heavy (non-hydrogen) atoms. The molecule has 130 valence electrons. The number of hydrogen-bond acceptors (Lipinski definition) is 5. The second kappa shape index (κ2) is 6.31. The molecule has 2 aromatic rings. The number of fused-ring (bicyclic) bond motifs is 1. The van der Waals surface area contributed by atoms with E-state index in [0.29, 0.717) is 23.6 Å². The van der Waals surface area contributed by atoms with Gasteiger partial charge < -0.3 is 15.2 Å². The van der Waals surface area contributed by atoms with E-state index in [2.05, 4.69) is 26.8 Å². The molecule has 0 spiro atoms. The van der Waals surface area contributed by atoms with Crippen LogP contribution < -0.4 is 5.32 Å². The van der Waals surface area contributed by atoms with Crippen LogP contribution >= 0.6 is 0 Å². The van der Waals surface area contributed by atoms with Crippen LogP contribution in [0.4, 0.5) is 5.82 Å². The van der Waals surface area contributed by atoms with E-state index in [1.54, 1.807) is 11.1 Å². The molecule has 2 aliphatic rings. The Hall–Kier alpha value is -2.70. The smallest absolute Gasteiger partial charge is 0.246 e. The van der Waals surface area contributed by atoms with E-state index in [0.717, 1.165) is 37.6 Å². The van der Waals surface area contributed by atoms with Crippen molar-refractivity contribution in [1.29, 1.82) is 0 Å². The molecule has 7 heteroatoms. The van der Waals surface area contributed by atoms with Gasteiger partial charge in [0.05, 0.1) is 5.39 Å². The highest BCUT2D eigenvalue weighted by molar-refractivity contribution is 6.12. The predicted octanol–water partition coefficient (Wildman–Crippen LogP) is 2.14. The van der Waals surface area contributed by atoms with E-state index >= 15 is 0 Å². The number of carbonyl (C=O) groups excluding carboxylic acids is 2. The zero-order valence-corrected chi connectivity index (χ0v) is 14.0. The first-order valence-corrected chi connectivity index (χ1v) is 8.71. The Balaban J connectivity index is 1.60. The Labute approximate surface area is 145 Å². The lowest BCUT2D eigenvalue weighted by Gasteiger charge is -2.32. The standard InChI is InChI=1S/C18H21N5O2/c1-2-14(24)23-7-3-4-12(9-23)22-18-15-13(16(25)11-5-6-11)8-19-17(15)20-10-21-18/h2,8,10-12H,1,3-7,9H2,(H2,19,20,21,22)/t12-/m1/s1. The van der Waals surface area contributed by atoms with Crippen molar-refractivity contribution >= 4 is 28.5 Å². The minimum Gasteiger partial charge on any atom is -0.365 e. The fourth-order valence-electron chi connectivity index (χ4n) is 3.45. The summed E-state index contributed by atoms with van der Waals surface area (Å²) in [6.45, 7) is 4.91. The maximum Gasteiger partial charge on any atom is 0.246 e. The van der Waals surface area contributed by atoms with Gasteiger partial charge in [0.1, 0.15) is 17.8 Å². The maximum absolute atomic E-state index is 12.5. The van der Waals surface area contributed by atoms with Crippen molar-refractivity contribution < 1.29 is 9.59 Å². The van der Waals surface area contributed by atoms with Crippen molar-refractivity contribution in [3.05, 3.63) is 30.7 Å². The largest absolute Gasteiger partial charge is 0.365 e. The normalized spacial score (nSPS) is 20.5. The topological polar surface area (TPSA) is 91.0 Å². The first-order chi connectivity index (χ1) is 12.2. The van der Waals surface area contributed by atoms with Gasteiger partial charge in [0.25, 0.3) is 0 Å². The number of aromatic amines is 1. The maximum atomic E-state index is 12.5. The summed E-state index contributed by atoms with van der Waals surface area (Å²) in [5.41, 5.74) is 1.33. The number of Topliss-reactive ketones (excluding diaryl/α,β-unsaturated/α-hetero) is 1. The predicted molar refractivity (Wildman–Crippen MR) is 94.4 cm³/mol. The highest BCUT2D eigenvalue weighted by Crippen LogP contribution is 2.36. The van der Waals surface area contributed by atoms with Gasteiger partial charge in [-0.1, -0.05) is 6.58 Å². The van der Waals surface area contributed by atoms with Gasteiger partial charge in [0.2, 0.25) is 5.91 Å². The second-order valence-corrected chi connectivity index (χ2v) is 6.76. The van der Waals surface area contributed by atoms with E-state index in [9.17, 15) is 9.59 Å². The molecule has 2 aromatic heterocycles. The van der Waals surface area contributed by atoms with Gasteiger partial charge in [-0.25, -0.2) is 9.97 Å². The van der Waals surface area contributed by atoms with Gasteiger partial charge in [0, 0.05) is 36.8 Å². The molecule has 0 bridgehead atoms. The lowest BCUT2D eigenvalue weighted by molar-refractivity contribution is -0.127. The van der Waals surface area contributed by atoms with Gasteiger partial charge in [-0.2, -0.15) is 0 Å². The number of nitrogens with zero attached hydrogens (tertiary/aromatic N) is 3. The highest BCUT2D eigenvalue weighted by Gasteiger charge is 2.33. The van der Waals surface area contributed by atoms with Crippen molar-refractivity contribution in [2.24, 2.45) is 5.92 Å². The number of hydrogen-bond donors (Lipinski definition) is 2. The molecule has 2 N–H and O–H groups in total. The van der Waals surface area contributed by atoms with Gasteiger partial charge >= 0.3 is 0 Å². The first kappa shape index (κ1) is 15.8. The number of ketones is 1. The molecular weight excluding hydrogens is 318 g/mol. The third-order valence-corrected chi connectivity index (χ3v) is 4.93. The van der Waals surface area contributed by atoms with Crippen molar-refractivity contribution in [2.75, 3.05) is 18.4 Å². The molecule has 7 nitrogen and oxygen atoms in total. The lowest BCUT2D eigenvalue weighted by atomic mass is 10.0. The van der Waals surface area contributed by atoms with E-state index in [1.807, 2.05) is 0 Å². The van der Waals surface area contributed by atoms with Crippen LogP contribution in [-0.4, -0.2) is 50.7 Å². The van der Waals surface area contributed by atoms with Crippen LogP contribution in [0.5, 0.6) is 0 Å². The number of piperidine rings is 1. The van der Waals surface area contributed by atoms with Gasteiger partial charge in [-0.3, -0.25) is 9.59 Å². The summed E-state index contributed by atoms with van der Waals surface area (Å²) in [5, 5.41) is 4.18. The number of amides is 1. The van der Waals surface area contributed by atoms with E-state index < -0.39 is 0 Å². The molecule has 1 saturated heterocycles. The summed E-state index contributed by atoms with van der Waals surface area (Å²) < 4.78 is 0. The molecule has 1 amide bonds. The number of carbonyl (C=O) groups is 2. The molecule has 1 saturated carbocycles. The van der Waals surface area contributed by atoms with Crippen molar-refractivity contribution in [3.8, 4) is 0 Å². The third kappa shape index (κ3) is 3.01. The summed E-state index contributed by atoms with van der Waals surface area (Å²) in [6, 6.07) is 0.0922. The van der Waals surface area contributed by atoms with Crippen LogP contribution in [0.1, 0.15) is 36.0 Å². The van der Waals surface area contributed by atoms with Crippen LogP contribution in [-0.2, 0) is 4.79 Å². The molecular formula is C18H21N5O2. The van der Waals surface area contributed by atoms with Crippen LogP contribution in [0.15, 0.2) is 25.2 Å². The summed E-state index contributed by atoms with van der Waals surface area (Å²) in [6.07, 6.45) is 8.37. The zero-order valence-electron chi connectivity index (χ0n) is 14.0. The fourth-order valence-corrected chi connectivity index (χ4v) is 3.45. The molecule has 1 aliphatic carbocycles.